The zero-order valence-electron chi connectivity index (χ0n) is 43.8. The summed E-state index contributed by atoms with van der Waals surface area (Å²) in [6.45, 7) is 8.57. The maximum atomic E-state index is 14.3. The van der Waals surface area contributed by atoms with E-state index in [0.29, 0.717) is 41.7 Å². The van der Waals surface area contributed by atoms with E-state index < -0.39 is 34.4 Å². The lowest BCUT2D eigenvalue weighted by molar-refractivity contribution is -0.136. The van der Waals surface area contributed by atoms with Gasteiger partial charge in [0.05, 0.1) is 47.0 Å². The molecule has 400 valence electrons. The highest BCUT2D eigenvalue weighted by molar-refractivity contribution is 7.85. The Bertz CT molecular complexity index is 3550. The number of methoxy groups -OCH3 is 1. The number of fused-ring (bicyclic) bond motifs is 7. The summed E-state index contributed by atoms with van der Waals surface area (Å²) in [7, 11) is -3.09. The Kier molecular flexibility index (Phi) is 13.9. The Morgan fingerprint density at radius 2 is 1.29 bits per heavy atom. The van der Waals surface area contributed by atoms with Crippen LogP contribution < -0.4 is 10.6 Å². The van der Waals surface area contributed by atoms with E-state index in [1.54, 1.807) is 24.3 Å². The van der Waals surface area contributed by atoms with Crippen molar-refractivity contribution in [2.45, 2.75) is 120 Å². The lowest BCUT2D eigenvalue weighted by atomic mass is 9.81. The predicted octanol–water partition coefficient (Wildman–Crippen LogP) is 10.7. The first-order chi connectivity index (χ1) is 37.0. The first-order valence-electron chi connectivity index (χ1n) is 26.7. The van der Waals surface area contributed by atoms with E-state index in [-0.39, 0.29) is 47.2 Å². The number of nitrogens with zero attached hydrogens (tertiary/aromatic N) is 4. The minimum absolute atomic E-state index is 0.115. The predicted molar refractivity (Wildman–Crippen MR) is 291 cm³/mol. The molecule has 5 N–H and O–H groups in total. The van der Waals surface area contributed by atoms with Gasteiger partial charge in [0.25, 0.3) is 10.1 Å². The third-order valence-electron chi connectivity index (χ3n) is 16.3. The van der Waals surface area contributed by atoms with Crippen LogP contribution in [-0.4, -0.2) is 99.0 Å². The molecule has 0 spiro atoms. The van der Waals surface area contributed by atoms with Gasteiger partial charge in [-0.15, -0.1) is 0 Å². The van der Waals surface area contributed by atoms with E-state index in [0.717, 1.165) is 83.2 Å². The van der Waals surface area contributed by atoms with Gasteiger partial charge in [-0.05, 0) is 154 Å². The molecule has 18 heteroatoms. The molecule has 17 nitrogen and oxygen atoms in total. The average Bonchev–Trinajstić information content (AvgIpc) is 4.46. The molecule has 2 bridgehead atoms. The molecular weight excluding hydrogens is 997 g/mol. The van der Waals surface area contributed by atoms with E-state index >= 15 is 0 Å². The molecule has 0 radical (unpaired) electrons. The summed E-state index contributed by atoms with van der Waals surface area (Å²) >= 11 is 0. The van der Waals surface area contributed by atoms with E-state index in [9.17, 15) is 32.1 Å². The third-order valence-corrected chi connectivity index (χ3v) is 17.1. The number of aromatic amines is 2. The van der Waals surface area contributed by atoms with Crippen LogP contribution >= 0.6 is 0 Å². The molecule has 2 aliphatic carbocycles. The topological polar surface area (TPSA) is 229 Å². The normalized spacial score (nSPS) is 19.8. The number of hydrogen-bond donors (Lipinski definition) is 5. The zero-order valence-corrected chi connectivity index (χ0v) is 44.7. The van der Waals surface area contributed by atoms with Crippen LogP contribution in [0, 0.1) is 11.8 Å². The van der Waals surface area contributed by atoms with Crippen molar-refractivity contribution < 1.29 is 41.6 Å². The van der Waals surface area contributed by atoms with Gasteiger partial charge in [0, 0.05) is 13.1 Å². The number of alkyl carbamates (subject to hydrolysis) is 2. The van der Waals surface area contributed by atoms with Crippen LogP contribution in [0.5, 0.6) is 0 Å². The molecule has 77 heavy (non-hydrogen) atoms. The van der Waals surface area contributed by atoms with E-state index in [4.69, 9.17) is 19.4 Å². The van der Waals surface area contributed by atoms with Crippen molar-refractivity contribution in [1.29, 1.82) is 0 Å². The number of carbonyl (C=O) groups excluding carboxylic acids is 4. The van der Waals surface area contributed by atoms with Gasteiger partial charge in [-0.2, -0.15) is 8.42 Å². The van der Waals surface area contributed by atoms with Gasteiger partial charge in [0.1, 0.15) is 30.3 Å². The lowest BCUT2D eigenvalue weighted by Gasteiger charge is -2.30. The van der Waals surface area contributed by atoms with Crippen LogP contribution in [0.25, 0.3) is 55.3 Å². The lowest BCUT2D eigenvalue weighted by Crippen LogP contribution is -2.51. The number of aromatic nitrogens is 4. The summed E-state index contributed by atoms with van der Waals surface area (Å²) in [5, 5.41) is 6.85. The first-order valence-corrected chi connectivity index (χ1v) is 28.2. The molecule has 6 atom stereocenters. The second-order valence-electron chi connectivity index (χ2n) is 21.8. The summed E-state index contributed by atoms with van der Waals surface area (Å²) in [6.07, 6.45) is 7.05. The molecule has 2 aliphatic heterocycles. The minimum atomic E-state index is -4.39. The van der Waals surface area contributed by atoms with E-state index in [2.05, 4.69) is 75.2 Å². The van der Waals surface area contributed by atoms with Gasteiger partial charge in [-0.1, -0.05) is 88.4 Å². The van der Waals surface area contributed by atoms with Gasteiger partial charge in [-0.3, -0.25) is 14.1 Å². The van der Waals surface area contributed by atoms with Gasteiger partial charge >= 0.3 is 12.2 Å². The molecule has 2 aromatic heterocycles. The Morgan fingerprint density at radius 3 is 1.92 bits per heavy atom. The number of likely N-dealkylation sites (tertiary alicyclic amines) is 2. The Balaban J connectivity index is 0.778. The molecule has 1 saturated carbocycles. The number of ether oxygens (including phenoxy) is 2. The molecule has 11 rings (SSSR count). The fourth-order valence-electron chi connectivity index (χ4n) is 12.4. The van der Waals surface area contributed by atoms with Crippen molar-refractivity contribution in [3.8, 4) is 33.5 Å². The molecule has 5 aromatic carbocycles. The summed E-state index contributed by atoms with van der Waals surface area (Å²) in [5.74, 6) is 1.69. The van der Waals surface area contributed by atoms with Gasteiger partial charge in [-0.25, -0.2) is 19.6 Å². The highest BCUT2D eigenvalue weighted by Crippen LogP contribution is 2.58. The van der Waals surface area contributed by atoms with Crippen molar-refractivity contribution >= 4 is 55.9 Å². The second-order valence-corrected chi connectivity index (χ2v) is 23.2. The van der Waals surface area contributed by atoms with Crippen molar-refractivity contribution in [3.05, 3.63) is 126 Å². The Hall–Kier alpha value is -7.57. The van der Waals surface area contributed by atoms with Crippen molar-refractivity contribution in [2.75, 3.05) is 20.2 Å². The molecule has 7 aromatic rings. The van der Waals surface area contributed by atoms with Crippen LogP contribution in [-0.2, 0) is 35.8 Å². The third kappa shape index (κ3) is 10.0. The Morgan fingerprint density at radius 1 is 0.688 bits per heavy atom. The summed E-state index contributed by atoms with van der Waals surface area (Å²) < 4.78 is 43.3. The standard InChI is InChI=1S/C59H64N8O9S/c1-32(2)52(64-58(70)75-5)56(68)66-24-6-8-48(66)54-60-30-47(63-54)37-14-12-36(13-15-37)43-21-22-44(51-40-17-16-39(27-40)50(43)51)38-19-23-45-46(29-38)62-55(61-45)49-9-7-25-67(49)57(69)53(33(3)4)65-59(71)76-31-34-10-11-35-18-20-42(77(72,73)74)28-41(35)26-34/h10-15,18-23,26,28-30,32-33,39-40,48-49,52-53H,6-9,16-17,24-25,27,31H2,1-5H3,(H,60,63)(H,61,62)(H,64,70)(H,65,71)(H,72,73,74)/t39-,40+,48+,49+,52+,53+/m1/s1. The molecule has 4 heterocycles. The summed E-state index contributed by atoms with van der Waals surface area (Å²) in [6, 6.07) is 27.0. The van der Waals surface area contributed by atoms with Crippen LogP contribution in [0.15, 0.2) is 102 Å². The minimum Gasteiger partial charge on any atom is -0.453 e. The van der Waals surface area contributed by atoms with E-state index in [1.807, 2.05) is 43.7 Å². The summed E-state index contributed by atoms with van der Waals surface area (Å²) in [5.41, 5.74) is 11.8. The maximum Gasteiger partial charge on any atom is 0.408 e. The highest BCUT2D eigenvalue weighted by atomic mass is 32.2. The maximum absolute atomic E-state index is 14.3. The number of hydrogen-bond acceptors (Lipinski definition) is 10. The number of carbonyl (C=O) groups is 4. The molecule has 4 aliphatic rings. The molecule has 0 unspecified atom stereocenters. The van der Waals surface area contributed by atoms with Crippen LogP contribution in [0.2, 0.25) is 0 Å². The SMILES string of the molecule is COC(=O)N[C@H](C(=O)N1CCC[C@H]1c1ncc(-c2ccc(-c3ccc(-c4ccc5nc([C@@H]6CCCN6C(=O)[C@@H](NC(=O)OCc6ccc7ccc(S(=O)(=O)O)cc7c6)C(C)C)[nH]c5c4)c4c3[C@@H]3CC[C@H]4C3)cc2)[nH]1)C(C)C. The van der Waals surface area contributed by atoms with Crippen molar-refractivity contribution in [1.82, 2.24) is 40.4 Å². The highest BCUT2D eigenvalue weighted by Gasteiger charge is 2.42. The van der Waals surface area contributed by atoms with Crippen molar-refractivity contribution in [2.24, 2.45) is 11.8 Å². The first kappa shape index (κ1) is 51.5. The fraction of sp³-hybridized carbons (Fsp3) is 0.390. The number of H-pyrrole nitrogens is 2. The molecular formula is C59H64N8O9S. The number of amides is 4. The number of imidazole rings is 2. The van der Waals surface area contributed by atoms with E-state index in [1.165, 1.54) is 47.9 Å². The smallest absolute Gasteiger partial charge is 0.408 e. The number of benzene rings is 5. The second kappa shape index (κ2) is 20.8. The van der Waals surface area contributed by atoms with Crippen LogP contribution in [0.4, 0.5) is 9.59 Å². The monoisotopic (exact) mass is 1060 g/mol. The molecule has 2 saturated heterocycles. The average molecular weight is 1060 g/mol. The molecule has 3 fully saturated rings. The number of nitrogens with one attached hydrogen (secondary N) is 4. The van der Waals surface area contributed by atoms with Crippen molar-refractivity contribution in [3.63, 3.8) is 0 Å². The fourth-order valence-corrected chi connectivity index (χ4v) is 12.9. The Labute approximate surface area is 447 Å². The van der Waals surface area contributed by atoms with Crippen LogP contribution in [0.3, 0.4) is 0 Å². The molecule has 4 amide bonds. The quantitative estimate of drug-likeness (QED) is 0.0643. The van der Waals surface area contributed by atoms with Gasteiger partial charge < -0.3 is 39.9 Å². The zero-order chi connectivity index (χ0) is 53.9. The van der Waals surface area contributed by atoms with Crippen LogP contribution in [0.1, 0.15) is 125 Å². The largest absolute Gasteiger partial charge is 0.453 e. The summed E-state index contributed by atoms with van der Waals surface area (Å²) in [4.78, 5) is 73.7. The van der Waals surface area contributed by atoms with Gasteiger partial charge in [0.2, 0.25) is 11.8 Å². The van der Waals surface area contributed by atoms with Gasteiger partial charge in [0.15, 0.2) is 0 Å². The number of rotatable bonds is 14.